The number of alkyl halides is 3. The lowest BCUT2D eigenvalue weighted by Crippen LogP contribution is -3.14. The van der Waals surface area contributed by atoms with Crippen molar-refractivity contribution >= 4 is 28.6 Å². The molecule has 0 saturated carbocycles. The van der Waals surface area contributed by atoms with Crippen LogP contribution in [0.1, 0.15) is 19.7 Å². The van der Waals surface area contributed by atoms with E-state index in [4.69, 9.17) is 0 Å². The van der Waals surface area contributed by atoms with Crippen LogP contribution in [0.5, 0.6) is 0 Å². The highest BCUT2D eigenvalue weighted by atomic mass is 32.2. The van der Waals surface area contributed by atoms with Gasteiger partial charge in [0.2, 0.25) is 11.7 Å². The van der Waals surface area contributed by atoms with Crippen LogP contribution in [0.15, 0.2) is 29.3 Å². The van der Waals surface area contributed by atoms with E-state index in [1.54, 1.807) is 30.0 Å². The molecule has 1 aliphatic heterocycles. The molecule has 0 aliphatic carbocycles. The molecule has 2 heterocycles. The van der Waals surface area contributed by atoms with Gasteiger partial charge in [0.25, 0.3) is 0 Å². The number of quaternary nitrogens is 1. The van der Waals surface area contributed by atoms with Crippen molar-refractivity contribution in [1.82, 2.24) is 14.9 Å². The number of carbonyl (C=O) groups is 1. The maximum Gasteiger partial charge on any atom is 0.451 e. The van der Waals surface area contributed by atoms with Crippen molar-refractivity contribution in [2.75, 3.05) is 32.7 Å². The minimum absolute atomic E-state index is 0.0635. The van der Waals surface area contributed by atoms with Gasteiger partial charge in [-0.25, -0.2) is 9.97 Å². The lowest BCUT2D eigenvalue weighted by atomic mass is 10.2. The van der Waals surface area contributed by atoms with Gasteiger partial charge in [0.1, 0.15) is 5.03 Å². The minimum Gasteiger partial charge on any atom is -0.332 e. The first-order valence-corrected chi connectivity index (χ1v) is 9.80. The van der Waals surface area contributed by atoms with Gasteiger partial charge in [-0.3, -0.25) is 4.79 Å². The molecule has 146 valence electrons. The van der Waals surface area contributed by atoms with Crippen molar-refractivity contribution in [3.8, 4) is 0 Å². The molecule has 0 radical (unpaired) electrons. The molecule has 1 N–H and O–H groups in total. The Bertz CT molecular complexity index is 822. The molecule has 1 fully saturated rings. The zero-order chi connectivity index (χ0) is 19.6. The Morgan fingerprint density at radius 3 is 2.56 bits per heavy atom. The summed E-state index contributed by atoms with van der Waals surface area (Å²) in [5.41, 5.74) is 0.224. The summed E-state index contributed by atoms with van der Waals surface area (Å²) >= 11 is 1.06. The first kappa shape index (κ1) is 19.9. The van der Waals surface area contributed by atoms with Crippen molar-refractivity contribution in [1.29, 1.82) is 0 Å². The van der Waals surface area contributed by atoms with Gasteiger partial charge in [0, 0.05) is 5.39 Å². The molecule has 1 saturated heterocycles. The van der Waals surface area contributed by atoms with Crippen molar-refractivity contribution < 1.29 is 22.9 Å². The van der Waals surface area contributed by atoms with Gasteiger partial charge < -0.3 is 9.80 Å². The van der Waals surface area contributed by atoms with E-state index in [2.05, 4.69) is 16.9 Å². The number of piperazine rings is 1. The second-order valence-electron chi connectivity index (χ2n) is 6.56. The van der Waals surface area contributed by atoms with Gasteiger partial charge >= 0.3 is 6.18 Å². The molecule has 1 aliphatic rings. The average molecular weight is 399 g/mol. The lowest BCUT2D eigenvalue weighted by molar-refractivity contribution is -0.902. The van der Waals surface area contributed by atoms with Crippen LogP contribution in [0.3, 0.4) is 0 Å². The Kier molecular flexibility index (Phi) is 5.90. The number of benzene rings is 1. The molecule has 27 heavy (non-hydrogen) atoms. The summed E-state index contributed by atoms with van der Waals surface area (Å²) in [5, 5.41) is 0.189. The molecular formula is C18H22F3N4OS+. The Morgan fingerprint density at radius 1 is 1.26 bits per heavy atom. The van der Waals surface area contributed by atoms with Gasteiger partial charge in [0.05, 0.1) is 43.5 Å². The van der Waals surface area contributed by atoms with E-state index in [9.17, 15) is 18.0 Å². The number of hydrogen-bond donors (Lipinski definition) is 1. The Hall–Kier alpha value is -1.87. The average Bonchev–Trinajstić information content (AvgIpc) is 2.66. The number of hydrogen-bond acceptors (Lipinski definition) is 4. The zero-order valence-corrected chi connectivity index (χ0v) is 16.0. The second-order valence-corrected chi connectivity index (χ2v) is 7.89. The van der Waals surface area contributed by atoms with Crippen LogP contribution in [0.25, 0.3) is 10.9 Å². The fourth-order valence-corrected chi connectivity index (χ4v) is 4.16. The summed E-state index contributed by atoms with van der Waals surface area (Å²) in [6.07, 6.45) is -4.63. The maximum absolute atomic E-state index is 13.1. The number of nitrogens with one attached hydrogen (secondary N) is 1. The van der Waals surface area contributed by atoms with E-state index in [1.807, 2.05) is 0 Å². The fourth-order valence-electron chi connectivity index (χ4n) is 3.14. The molecule has 1 atom stereocenters. The highest BCUT2D eigenvalue weighted by Crippen LogP contribution is 2.33. The highest BCUT2D eigenvalue weighted by molar-refractivity contribution is 8.00. The van der Waals surface area contributed by atoms with Gasteiger partial charge in [0.15, 0.2) is 0 Å². The minimum atomic E-state index is -4.63. The maximum atomic E-state index is 13.1. The second kappa shape index (κ2) is 8.02. The van der Waals surface area contributed by atoms with E-state index >= 15 is 0 Å². The van der Waals surface area contributed by atoms with E-state index in [1.165, 1.54) is 11.0 Å². The Labute approximate surface area is 159 Å². The number of aromatic nitrogens is 2. The number of nitrogens with zero attached hydrogens (tertiary/aromatic N) is 3. The van der Waals surface area contributed by atoms with Crippen molar-refractivity contribution in [2.24, 2.45) is 0 Å². The predicted octanol–water partition coefficient (Wildman–Crippen LogP) is 1.88. The normalized spacial score (nSPS) is 17.3. The predicted molar refractivity (Wildman–Crippen MR) is 97.7 cm³/mol. The molecule has 9 heteroatoms. The first-order chi connectivity index (χ1) is 12.8. The third-order valence-corrected chi connectivity index (χ3v) is 5.83. The number of halogens is 3. The molecule has 2 aromatic rings. The van der Waals surface area contributed by atoms with Crippen LogP contribution >= 0.6 is 11.8 Å². The smallest absolute Gasteiger partial charge is 0.332 e. The summed E-state index contributed by atoms with van der Waals surface area (Å²) in [7, 11) is 0. The van der Waals surface area contributed by atoms with Gasteiger partial charge in [-0.15, -0.1) is 0 Å². The van der Waals surface area contributed by atoms with Crippen LogP contribution in [0, 0.1) is 0 Å². The van der Waals surface area contributed by atoms with Gasteiger partial charge in [-0.05, 0) is 19.9 Å². The quantitative estimate of drug-likeness (QED) is 0.630. The highest BCUT2D eigenvalue weighted by Gasteiger charge is 2.36. The van der Waals surface area contributed by atoms with Crippen molar-refractivity contribution in [2.45, 2.75) is 30.3 Å². The number of rotatable bonds is 4. The van der Waals surface area contributed by atoms with Gasteiger partial charge in [-0.2, -0.15) is 13.2 Å². The molecule has 0 spiro atoms. The Morgan fingerprint density at radius 2 is 1.93 bits per heavy atom. The number of para-hydroxylation sites is 1. The SMILES string of the molecule is CC[NH+]1CCN(C(=O)[C@@H](C)Sc2nc(C(F)(F)F)nc3ccccc23)CC1. The van der Waals surface area contributed by atoms with Crippen molar-refractivity contribution in [3.63, 3.8) is 0 Å². The molecule has 1 aromatic heterocycles. The summed E-state index contributed by atoms with van der Waals surface area (Å²) in [4.78, 5) is 23.3. The van der Waals surface area contributed by atoms with Crippen LogP contribution in [0.4, 0.5) is 13.2 Å². The van der Waals surface area contributed by atoms with Crippen molar-refractivity contribution in [3.05, 3.63) is 30.1 Å². The zero-order valence-electron chi connectivity index (χ0n) is 15.2. The fraction of sp³-hybridized carbons (Fsp3) is 0.500. The van der Waals surface area contributed by atoms with Crippen LogP contribution in [0.2, 0.25) is 0 Å². The standard InChI is InChI=1S/C18H21F3N4OS/c1-3-24-8-10-25(11-9-24)16(26)12(2)27-15-13-6-4-5-7-14(13)22-17(23-15)18(19,20)21/h4-7,12H,3,8-11H2,1-2H3/p+1/t12-/m1/s1. The number of likely N-dealkylation sites (N-methyl/N-ethyl adjacent to an activating group) is 1. The van der Waals surface area contributed by atoms with E-state index in [-0.39, 0.29) is 16.4 Å². The molecular weight excluding hydrogens is 377 g/mol. The largest absolute Gasteiger partial charge is 0.451 e. The summed E-state index contributed by atoms with van der Waals surface area (Å²) < 4.78 is 39.4. The lowest BCUT2D eigenvalue weighted by Gasteiger charge is -2.33. The molecule has 1 amide bonds. The number of amides is 1. The van der Waals surface area contributed by atoms with E-state index < -0.39 is 17.3 Å². The monoisotopic (exact) mass is 399 g/mol. The molecule has 0 bridgehead atoms. The summed E-state index contributed by atoms with van der Waals surface area (Å²) in [6.45, 7) is 8.00. The molecule has 5 nitrogen and oxygen atoms in total. The third-order valence-electron chi connectivity index (χ3n) is 4.74. The topological polar surface area (TPSA) is 50.5 Å². The number of fused-ring (bicyclic) bond motifs is 1. The molecule has 1 aromatic carbocycles. The Balaban J connectivity index is 1.82. The summed E-state index contributed by atoms with van der Waals surface area (Å²) in [5.74, 6) is -1.24. The summed E-state index contributed by atoms with van der Waals surface area (Å²) in [6, 6.07) is 6.56. The van der Waals surface area contributed by atoms with Crippen LogP contribution in [-0.2, 0) is 11.0 Å². The third kappa shape index (κ3) is 4.52. The first-order valence-electron chi connectivity index (χ1n) is 8.92. The number of carbonyl (C=O) groups excluding carboxylic acids is 1. The number of thioether (sulfide) groups is 1. The van der Waals surface area contributed by atoms with E-state index in [0.29, 0.717) is 18.5 Å². The molecule has 3 rings (SSSR count). The van der Waals surface area contributed by atoms with Gasteiger partial charge in [-0.1, -0.05) is 30.0 Å². The van der Waals surface area contributed by atoms with Crippen LogP contribution in [-0.4, -0.2) is 58.7 Å². The molecule has 0 unspecified atom stereocenters. The van der Waals surface area contributed by atoms with E-state index in [0.717, 1.165) is 31.4 Å². The van der Waals surface area contributed by atoms with Crippen LogP contribution < -0.4 is 4.90 Å².